The van der Waals surface area contributed by atoms with Crippen LogP contribution in [-0.4, -0.2) is 63.9 Å². The van der Waals surface area contributed by atoms with Crippen molar-refractivity contribution in [3.8, 4) is 0 Å². The van der Waals surface area contributed by atoms with E-state index in [0.29, 0.717) is 0 Å². The average Bonchev–Trinajstić information content (AvgIpc) is 2.97. The van der Waals surface area contributed by atoms with Gasteiger partial charge in [-0.3, -0.25) is 18.9 Å². The van der Waals surface area contributed by atoms with Crippen LogP contribution in [0.5, 0.6) is 0 Å². The van der Waals surface area contributed by atoms with Crippen molar-refractivity contribution < 1.29 is 33.8 Å². The summed E-state index contributed by atoms with van der Waals surface area (Å²) < 4.78 is 21.8. The van der Waals surface area contributed by atoms with Gasteiger partial charge in [0, 0.05) is 0 Å². The highest BCUT2D eigenvalue weighted by Crippen LogP contribution is 2.42. The molecule has 1 fully saturated rings. The number of aliphatic hydroxyl groups excluding tert-OH is 1. The smallest absolute Gasteiger partial charge is 0.387 e. The summed E-state index contributed by atoms with van der Waals surface area (Å²) in [6, 6.07) is 0. The van der Waals surface area contributed by atoms with Crippen molar-refractivity contribution in [2.45, 2.75) is 31.0 Å². The lowest BCUT2D eigenvalue weighted by molar-refractivity contribution is -0.0949. The van der Waals surface area contributed by atoms with E-state index in [1.807, 2.05) is 0 Å². The van der Waals surface area contributed by atoms with Gasteiger partial charge in [-0.2, -0.15) is 4.98 Å². The van der Waals surface area contributed by atoms with Gasteiger partial charge in [-0.15, -0.1) is 0 Å². The number of nitrogens with one attached hydrogen (secondary N) is 1. The molecule has 1 aliphatic heterocycles. The van der Waals surface area contributed by atoms with Gasteiger partial charge in [0.25, 0.3) is 5.56 Å². The number of hydrogen-bond donors (Lipinski definition) is 6. The number of anilines is 1. The van der Waals surface area contributed by atoms with E-state index >= 15 is 0 Å². The maximum Gasteiger partial charge on any atom is 0.469 e. The van der Waals surface area contributed by atoms with Crippen molar-refractivity contribution >= 4 is 24.9 Å². The minimum Gasteiger partial charge on any atom is -0.387 e. The molecule has 25 heavy (non-hydrogen) atoms. The fourth-order valence-electron chi connectivity index (χ4n) is 2.66. The van der Waals surface area contributed by atoms with Crippen molar-refractivity contribution in [3.05, 3.63) is 16.7 Å². The van der Waals surface area contributed by atoms with E-state index in [1.54, 1.807) is 0 Å². The van der Waals surface area contributed by atoms with E-state index in [1.165, 1.54) is 17.8 Å². The lowest BCUT2D eigenvalue weighted by Gasteiger charge is -2.27. The van der Waals surface area contributed by atoms with E-state index < -0.39 is 44.0 Å². The molecule has 14 heteroatoms. The normalized spacial score (nSPS) is 30.2. The molecule has 13 nitrogen and oxygen atoms in total. The van der Waals surface area contributed by atoms with E-state index in [-0.39, 0.29) is 17.1 Å². The first-order valence-electron chi connectivity index (χ1n) is 6.99. The Bertz CT molecular complexity index is 903. The van der Waals surface area contributed by atoms with Gasteiger partial charge in [-0.1, -0.05) is 0 Å². The van der Waals surface area contributed by atoms with Gasteiger partial charge >= 0.3 is 7.82 Å². The molecule has 2 aromatic rings. The predicted octanol–water partition coefficient (Wildman–Crippen LogP) is -2.18. The number of aliphatic hydroxyl groups is 2. The van der Waals surface area contributed by atoms with Crippen LogP contribution >= 0.6 is 7.82 Å². The van der Waals surface area contributed by atoms with Crippen LogP contribution in [0.4, 0.5) is 5.95 Å². The fourth-order valence-corrected chi connectivity index (χ4v) is 3.00. The minimum absolute atomic E-state index is 0.00952. The Labute approximate surface area is 139 Å². The zero-order valence-corrected chi connectivity index (χ0v) is 13.7. The lowest BCUT2D eigenvalue weighted by Crippen LogP contribution is -2.44. The summed E-state index contributed by atoms with van der Waals surface area (Å²) in [4.78, 5) is 39.4. The quantitative estimate of drug-likeness (QED) is 0.316. The lowest BCUT2D eigenvalue weighted by atomic mass is 9.96. The number of hydrogen-bond acceptors (Lipinski definition) is 9. The molecule has 7 N–H and O–H groups in total. The molecule has 0 aliphatic carbocycles. The summed E-state index contributed by atoms with van der Waals surface area (Å²) >= 11 is 0. The van der Waals surface area contributed by atoms with Crippen LogP contribution in [0.15, 0.2) is 11.1 Å². The molecule has 0 bridgehead atoms. The molecular weight excluding hydrogens is 361 g/mol. The summed E-state index contributed by atoms with van der Waals surface area (Å²) in [7, 11) is -4.78. The SMILES string of the molecule is CC1(O)[C@@H](O)[C@@H](COP(=O)(O)O)O[C@H]1n1cnc2c(=O)[nH]c(N)nc21. The number of fused-ring (bicyclic) bond motifs is 1. The highest BCUT2D eigenvalue weighted by molar-refractivity contribution is 7.46. The Balaban J connectivity index is 1.97. The zero-order chi connectivity index (χ0) is 18.6. The van der Waals surface area contributed by atoms with E-state index in [4.69, 9.17) is 20.3 Å². The molecule has 3 heterocycles. The molecule has 2 aromatic heterocycles. The third-order valence-electron chi connectivity index (χ3n) is 3.86. The first-order chi connectivity index (χ1) is 11.5. The summed E-state index contributed by atoms with van der Waals surface area (Å²) in [6.07, 6.45) is -2.87. The van der Waals surface area contributed by atoms with Crippen molar-refractivity contribution in [1.29, 1.82) is 0 Å². The van der Waals surface area contributed by atoms with Crippen LogP contribution in [0.3, 0.4) is 0 Å². The Morgan fingerprint density at radius 3 is 2.88 bits per heavy atom. The molecule has 3 rings (SSSR count). The van der Waals surface area contributed by atoms with Gasteiger partial charge in [0.1, 0.15) is 17.8 Å². The van der Waals surface area contributed by atoms with Crippen LogP contribution in [-0.2, 0) is 13.8 Å². The van der Waals surface area contributed by atoms with Gasteiger partial charge < -0.3 is 30.5 Å². The van der Waals surface area contributed by atoms with Crippen molar-refractivity contribution in [1.82, 2.24) is 19.5 Å². The van der Waals surface area contributed by atoms with Crippen molar-refractivity contribution in [2.75, 3.05) is 12.3 Å². The Hall–Kier alpha value is -1.86. The number of imidazole rings is 1. The van der Waals surface area contributed by atoms with Crippen molar-refractivity contribution in [2.24, 2.45) is 0 Å². The third kappa shape index (κ3) is 3.18. The number of ether oxygens (including phenoxy) is 1. The van der Waals surface area contributed by atoms with Gasteiger partial charge in [-0.25, -0.2) is 9.55 Å². The Morgan fingerprint density at radius 2 is 2.24 bits per heavy atom. The fraction of sp³-hybridized carbons (Fsp3) is 0.545. The number of aromatic amines is 1. The second-order valence-corrected chi connectivity index (χ2v) is 7.00. The molecule has 0 saturated carbocycles. The zero-order valence-electron chi connectivity index (χ0n) is 12.8. The average molecular weight is 377 g/mol. The second kappa shape index (κ2) is 5.85. The molecule has 0 aromatic carbocycles. The maximum absolute atomic E-state index is 11.8. The maximum atomic E-state index is 11.8. The minimum atomic E-state index is -4.78. The standard InChI is InChI=1S/C11H16N5O8P/c1-11(19)6(17)4(2-23-25(20,21)22)24-9(11)16-3-13-5-7(16)14-10(12)15-8(5)18/h3-4,6,9,17,19H,2H2,1H3,(H2,20,21,22)(H3,12,14,15,18)/t4-,6+,9-,11?/m1/s1. The molecule has 138 valence electrons. The summed E-state index contributed by atoms with van der Waals surface area (Å²) in [5.74, 6) is -0.182. The summed E-state index contributed by atoms with van der Waals surface area (Å²) in [6.45, 7) is 0.586. The molecule has 4 atom stereocenters. The van der Waals surface area contributed by atoms with E-state index in [2.05, 4.69) is 19.5 Å². The first kappa shape index (κ1) is 17.9. The molecule has 0 radical (unpaired) electrons. The van der Waals surface area contributed by atoms with Gasteiger partial charge in [0.15, 0.2) is 17.4 Å². The monoisotopic (exact) mass is 377 g/mol. The number of nitrogens with zero attached hydrogens (tertiary/aromatic N) is 3. The molecule has 0 spiro atoms. The molecule has 1 aliphatic rings. The molecule has 1 unspecified atom stereocenters. The Kier molecular flexibility index (Phi) is 4.20. The van der Waals surface area contributed by atoms with E-state index in [0.717, 1.165) is 0 Å². The van der Waals surface area contributed by atoms with E-state index in [9.17, 15) is 19.6 Å². The van der Waals surface area contributed by atoms with Crippen LogP contribution in [0, 0.1) is 0 Å². The van der Waals surface area contributed by atoms with Crippen LogP contribution in [0.2, 0.25) is 0 Å². The van der Waals surface area contributed by atoms with Gasteiger partial charge in [-0.05, 0) is 6.92 Å². The number of phosphoric acid groups is 1. The second-order valence-electron chi connectivity index (χ2n) is 5.76. The third-order valence-corrected chi connectivity index (χ3v) is 4.35. The highest BCUT2D eigenvalue weighted by Gasteiger charge is 2.54. The number of aromatic nitrogens is 4. The highest BCUT2D eigenvalue weighted by atomic mass is 31.2. The topological polar surface area (TPSA) is 206 Å². The number of rotatable bonds is 4. The van der Waals surface area contributed by atoms with Gasteiger partial charge in [0.2, 0.25) is 5.95 Å². The largest absolute Gasteiger partial charge is 0.469 e. The number of nitrogens with two attached hydrogens (primary N) is 1. The van der Waals surface area contributed by atoms with Crippen molar-refractivity contribution in [3.63, 3.8) is 0 Å². The van der Waals surface area contributed by atoms with Crippen LogP contribution < -0.4 is 11.3 Å². The molecule has 0 amide bonds. The van der Waals surface area contributed by atoms with Gasteiger partial charge in [0.05, 0.1) is 12.9 Å². The predicted molar refractivity (Wildman–Crippen MR) is 81.1 cm³/mol. The summed E-state index contributed by atoms with van der Waals surface area (Å²) in [5, 5.41) is 20.8. The number of nitrogen functional groups attached to an aromatic ring is 1. The van der Waals surface area contributed by atoms with Crippen LogP contribution in [0.25, 0.3) is 11.2 Å². The first-order valence-corrected chi connectivity index (χ1v) is 8.52. The molecule has 1 saturated heterocycles. The summed E-state index contributed by atoms with van der Waals surface area (Å²) in [5.41, 5.74) is 2.96. The Morgan fingerprint density at radius 1 is 1.56 bits per heavy atom. The number of H-pyrrole nitrogens is 1. The molecular formula is C11H16N5O8P. The number of phosphoric ester groups is 1. The van der Waals surface area contributed by atoms with Crippen LogP contribution in [0.1, 0.15) is 13.2 Å².